The van der Waals surface area contributed by atoms with E-state index in [4.69, 9.17) is 9.41 Å². The molecule has 0 aliphatic carbocycles. The minimum Gasteiger partial charge on any atom is -0.459 e. The zero-order valence-corrected chi connectivity index (χ0v) is 28.5. The van der Waals surface area contributed by atoms with Crippen molar-refractivity contribution in [2.45, 2.75) is 12.5 Å². The van der Waals surface area contributed by atoms with Gasteiger partial charge >= 0.3 is 0 Å². The van der Waals surface area contributed by atoms with E-state index in [0.717, 1.165) is 33.8 Å². The van der Waals surface area contributed by atoms with Gasteiger partial charge in [-0.1, -0.05) is 140 Å². The fourth-order valence-electron chi connectivity index (χ4n) is 7.80. The van der Waals surface area contributed by atoms with Crippen LogP contribution in [0.4, 0.5) is 17.1 Å². The lowest BCUT2D eigenvalue weighted by molar-refractivity contribution is 0.537. The van der Waals surface area contributed by atoms with Crippen molar-refractivity contribution < 1.29 is 4.42 Å². The van der Waals surface area contributed by atoms with Crippen LogP contribution in [0.2, 0.25) is 0 Å². The quantitative estimate of drug-likeness (QED) is 0.177. The van der Waals surface area contributed by atoms with E-state index in [9.17, 15) is 0 Å². The SMILES string of the molecule is C1=Nc2c(oc3cc4ccccc4cc23)CC1N(c1ccc(-c2cccc(-c3ccccc3)c2)cc1)c1ccc(-c2cccc3ccccc23)cc1. The van der Waals surface area contributed by atoms with E-state index in [1.165, 1.54) is 54.9 Å². The van der Waals surface area contributed by atoms with Gasteiger partial charge in [-0.2, -0.15) is 0 Å². The maximum Gasteiger partial charge on any atom is 0.137 e. The van der Waals surface area contributed by atoms with E-state index in [-0.39, 0.29) is 6.04 Å². The maximum absolute atomic E-state index is 6.55. The van der Waals surface area contributed by atoms with Gasteiger partial charge in [0.05, 0.1) is 6.04 Å². The van der Waals surface area contributed by atoms with Gasteiger partial charge in [0.2, 0.25) is 0 Å². The van der Waals surface area contributed by atoms with Crippen LogP contribution in [-0.2, 0) is 6.42 Å². The second kappa shape index (κ2) is 12.6. The van der Waals surface area contributed by atoms with Gasteiger partial charge in [-0.3, -0.25) is 4.99 Å². The fraction of sp³-hybridized carbons (Fsp3) is 0.0408. The van der Waals surface area contributed by atoms with E-state index in [2.05, 4.69) is 193 Å². The third kappa shape index (κ3) is 5.35. The Morgan fingerprint density at radius 1 is 0.462 bits per heavy atom. The van der Waals surface area contributed by atoms with Gasteiger partial charge in [-0.05, 0) is 97.4 Å². The first-order chi connectivity index (χ1) is 25.7. The molecule has 0 radical (unpaired) electrons. The Labute approximate surface area is 302 Å². The molecule has 1 aliphatic heterocycles. The first kappa shape index (κ1) is 30.1. The molecule has 8 aromatic carbocycles. The van der Waals surface area contributed by atoms with Crippen molar-refractivity contribution >= 4 is 55.8 Å². The molecule has 1 unspecified atom stereocenters. The van der Waals surface area contributed by atoms with Crippen molar-refractivity contribution in [3.05, 3.63) is 188 Å². The zero-order valence-electron chi connectivity index (χ0n) is 28.5. The van der Waals surface area contributed by atoms with E-state index >= 15 is 0 Å². The summed E-state index contributed by atoms with van der Waals surface area (Å²) in [4.78, 5) is 7.48. The van der Waals surface area contributed by atoms with Gasteiger partial charge in [0, 0.05) is 29.4 Å². The molecule has 2 heterocycles. The van der Waals surface area contributed by atoms with Crippen LogP contribution in [-0.4, -0.2) is 12.3 Å². The molecule has 1 atom stereocenters. The van der Waals surface area contributed by atoms with Crippen LogP contribution < -0.4 is 4.90 Å². The van der Waals surface area contributed by atoms with Gasteiger partial charge in [-0.25, -0.2) is 0 Å². The molecular formula is C49H34N2O. The number of benzene rings is 8. The first-order valence-corrected chi connectivity index (χ1v) is 17.9. The molecule has 0 spiro atoms. The Morgan fingerprint density at radius 3 is 1.79 bits per heavy atom. The van der Waals surface area contributed by atoms with Gasteiger partial charge in [0.15, 0.2) is 0 Å². The summed E-state index contributed by atoms with van der Waals surface area (Å²) in [5, 5.41) is 5.93. The lowest BCUT2D eigenvalue weighted by Gasteiger charge is -2.33. The number of hydrogen-bond donors (Lipinski definition) is 0. The van der Waals surface area contributed by atoms with Crippen LogP contribution in [0.1, 0.15) is 5.76 Å². The van der Waals surface area contributed by atoms with Crippen LogP contribution in [0, 0.1) is 0 Å². The molecule has 246 valence electrons. The van der Waals surface area contributed by atoms with Gasteiger partial charge in [-0.15, -0.1) is 0 Å². The summed E-state index contributed by atoms with van der Waals surface area (Å²) in [5.41, 5.74) is 11.2. The normalized spacial score (nSPS) is 13.8. The van der Waals surface area contributed by atoms with Crippen LogP contribution in [0.3, 0.4) is 0 Å². The van der Waals surface area contributed by atoms with Crippen molar-refractivity contribution in [2.24, 2.45) is 4.99 Å². The molecule has 3 heteroatoms. The predicted octanol–water partition coefficient (Wildman–Crippen LogP) is 13.2. The second-order valence-electron chi connectivity index (χ2n) is 13.6. The predicted molar refractivity (Wildman–Crippen MR) is 218 cm³/mol. The second-order valence-corrected chi connectivity index (χ2v) is 13.6. The Balaban J connectivity index is 1.03. The summed E-state index contributed by atoms with van der Waals surface area (Å²) in [6, 6.07) is 65.1. The third-order valence-corrected chi connectivity index (χ3v) is 10.4. The van der Waals surface area contributed by atoms with Crippen molar-refractivity contribution in [2.75, 3.05) is 4.90 Å². The minimum atomic E-state index is -0.0434. The monoisotopic (exact) mass is 666 g/mol. The maximum atomic E-state index is 6.55. The summed E-state index contributed by atoms with van der Waals surface area (Å²) in [6.07, 6.45) is 2.80. The molecule has 52 heavy (non-hydrogen) atoms. The third-order valence-electron chi connectivity index (χ3n) is 10.4. The highest BCUT2D eigenvalue weighted by atomic mass is 16.3. The van der Waals surface area contributed by atoms with Crippen molar-refractivity contribution in [3.8, 4) is 33.4 Å². The topological polar surface area (TPSA) is 28.7 Å². The van der Waals surface area contributed by atoms with Crippen molar-refractivity contribution in [1.29, 1.82) is 0 Å². The lowest BCUT2D eigenvalue weighted by Crippen LogP contribution is -2.35. The number of hydrogen-bond acceptors (Lipinski definition) is 3. The summed E-state index contributed by atoms with van der Waals surface area (Å²) in [5.74, 6) is 0.921. The Bertz CT molecular complexity index is 2750. The largest absolute Gasteiger partial charge is 0.459 e. The Morgan fingerprint density at radius 2 is 1.04 bits per heavy atom. The number of anilines is 2. The molecule has 9 aromatic rings. The molecule has 3 nitrogen and oxygen atoms in total. The molecule has 1 aromatic heterocycles. The van der Waals surface area contributed by atoms with E-state index < -0.39 is 0 Å². The van der Waals surface area contributed by atoms with Crippen molar-refractivity contribution in [1.82, 2.24) is 0 Å². The molecule has 0 fully saturated rings. The Kier molecular flexibility index (Phi) is 7.28. The van der Waals surface area contributed by atoms with E-state index in [1.807, 2.05) is 0 Å². The number of nitrogens with zero attached hydrogens (tertiary/aromatic N) is 2. The van der Waals surface area contributed by atoms with Crippen LogP contribution in [0.15, 0.2) is 191 Å². The molecular weight excluding hydrogens is 633 g/mol. The first-order valence-electron chi connectivity index (χ1n) is 17.9. The number of furan rings is 1. The van der Waals surface area contributed by atoms with Crippen molar-refractivity contribution in [3.63, 3.8) is 0 Å². The summed E-state index contributed by atoms with van der Waals surface area (Å²) in [7, 11) is 0. The van der Waals surface area contributed by atoms with Crippen LogP contribution >= 0.6 is 0 Å². The number of aliphatic imine (C=N–C) groups is 1. The van der Waals surface area contributed by atoms with Gasteiger partial charge in [0.1, 0.15) is 17.0 Å². The Hall–Kier alpha value is -6.71. The average molecular weight is 667 g/mol. The van der Waals surface area contributed by atoms with Gasteiger partial charge < -0.3 is 9.32 Å². The summed E-state index contributed by atoms with van der Waals surface area (Å²) >= 11 is 0. The van der Waals surface area contributed by atoms with Crippen LogP contribution in [0.25, 0.3) is 65.9 Å². The molecule has 0 amide bonds. The molecule has 0 N–H and O–H groups in total. The number of fused-ring (bicyclic) bond motifs is 5. The van der Waals surface area contributed by atoms with Gasteiger partial charge in [0.25, 0.3) is 0 Å². The highest BCUT2D eigenvalue weighted by molar-refractivity contribution is 6.03. The highest BCUT2D eigenvalue weighted by Gasteiger charge is 2.28. The average Bonchev–Trinajstić information content (AvgIpc) is 3.57. The summed E-state index contributed by atoms with van der Waals surface area (Å²) < 4.78 is 6.55. The molecule has 0 bridgehead atoms. The summed E-state index contributed by atoms with van der Waals surface area (Å²) in [6.45, 7) is 0. The fourth-order valence-corrected chi connectivity index (χ4v) is 7.80. The zero-order chi connectivity index (χ0) is 34.4. The van der Waals surface area contributed by atoms with E-state index in [0.29, 0.717) is 6.42 Å². The molecule has 0 saturated heterocycles. The molecule has 0 saturated carbocycles. The minimum absolute atomic E-state index is 0.0434. The van der Waals surface area contributed by atoms with E-state index in [1.54, 1.807) is 0 Å². The van der Waals surface area contributed by atoms with Crippen LogP contribution in [0.5, 0.6) is 0 Å². The number of rotatable bonds is 6. The standard InChI is InChI=1S/C49H34N2O/c1-2-10-33(11-3-1)37-16-8-17-38(28-37)34-20-24-41(25-21-34)51(42-26-22-36(23-27-42)45-19-9-15-35-12-6-7-18-44(35)45)43-31-48-49(50-32-43)46-29-39-13-4-5-14-40(39)30-47(46)52-48/h1-30,32,43H,31H2. The molecule has 1 aliphatic rings. The highest BCUT2D eigenvalue weighted by Crippen LogP contribution is 2.41. The molecule has 10 rings (SSSR count). The smallest absolute Gasteiger partial charge is 0.137 e. The lowest BCUT2D eigenvalue weighted by atomic mass is 9.97.